The topological polar surface area (TPSA) is 85.7 Å². The minimum atomic E-state index is -0.702. The summed E-state index contributed by atoms with van der Waals surface area (Å²) in [5.41, 5.74) is 1.45. The van der Waals surface area contributed by atoms with E-state index in [4.69, 9.17) is 9.47 Å². The number of nitrogens with zero attached hydrogens (tertiary/aromatic N) is 3. The fraction of sp³-hybridized carbons (Fsp3) is 0.320. The number of halogens is 1. The van der Waals surface area contributed by atoms with Gasteiger partial charge in [0.25, 0.3) is 0 Å². The van der Waals surface area contributed by atoms with Gasteiger partial charge in [0.2, 0.25) is 0 Å². The Balaban J connectivity index is 1.71. The molecule has 1 aliphatic heterocycles. The molecule has 0 fully saturated rings. The number of aromatic nitrogens is 2. The fourth-order valence-corrected chi connectivity index (χ4v) is 3.84. The number of carbonyl (C=O) groups is 2. The van der Waals surface area contributed by atoms with E-state index in [2.05, 4.69) is 10.4 Å². The fourth-order valence-electron chi connectivity index (χ4n) is 3.84. The highest BCUT2D eigenvalue weighted by Gasteiger charge is 2.36. The molecule has 0 saturated heterocycles. The first-order valence-electron chi connectivity index (χ1n) is 11.0. The summed E-state index contributed by atoms with van der Waals surface area (Å²) in [5.74, 6) is 0.00276. The number of rotatable bonds is 3. The number of amides is 2. The molecule has 1 aliphatic rings. The summed E-state index contributed by atoms with van der Waals surface area (Å²) in [4.78, 5) is 27.2. The van der Waals surface area contributed by atoms with Crippen molar-refractivity contribution in [3.8, 4) is 17.0 Å². The quantitative estimate of drug-likeness (QED) is 0.542. The first kappa shape index (κ1) is 23.3. The minimum Gasteiger partial charge on any atom is -0.444 e. The molecule has 1 unspecified atom stereocenters. The van der Waals surface area contributed by atoms with Gasteiger partial charge in [-0.15, -0.1) is 0 Å². The molecule has 2 aromatic carbocycles. The normalized spacial score (nSPS) is 15.4. The van der Waals surface area contributed by atoms with Gasteiger partial charge in [-0.25, -0.2) is 14.0 Å². The Morgan fingerprint density at radius 2 is 1.74 bits per heavy atom. The molecule has 2 amide bonds. The molecular weight excluding hydrogens is 439 g/mol. The Kier molecular flexibility index (Phi) is 6.28. The van der Waals surface area contributed by atoms with Crippen LogP contribution in [0, 0.1) is 5.82 Å². The third-order valence-electron chi connectivity index (χ3n) is 5.33. The SMILES string of the molecule is CC1c2c(NC(=O)Oc3ccccc3)c(-c3ccc(F)cc3)nn2CCN1C(=O)OC(C)(C)C. The first-order valence-corrected chi connectivity index (χ1v) is 11.0. The monoisotopic (exact) mass is 466 g/mol. The van der Waals surface area contributed by atoms with Crippen LogP contribution in [0.15, 0.2) is 54.6 Å². The molecule has 4 rings (SSSR count). The predicted molar refractivity (Wildman–Crippen MR) is 125 cm³/mol. The number of fused-ring (bicyclic) bond motifs is 1. The van der Waals surface area contributed by atoms with Crippen molar-refractivity contribution in [1.29, 1.82) is 0 Å². The molecule has 3 aromatic rings. The highest BCUT2D eigenvalue weighted by molar-refractivity contribution is 5.93. The van der Waals surface area contributed by atoms with Gasteiger partial charge >= 0.3 is 12.2 Å². The zero-order chi connectivity index (χ0) is 24.5. The molecule has 9 heteroatoms. The zero-order valence-electron chi connectivity index (χ0n) is 19.5. The van der Waals surface area contributed by atoms with Crippen LogP contribution < -0.4 is 10.1 Å². The Bertz CT molecular complexity index is 1190. The smallest absolute Gasteiger partial charge is 0.417 e. The Morgan fingerprint density at radius 1 is 1.06 bits per heavy atom. The second-order valence-corrected chi connectivity index (χ2v) is 9.02. The van der Waals surface area contributed by atoms with Crippen molar-refractivity contribution >= 4 is 17.9 Å². The number of para-hydroxylation sites is 1. The lowest BCUT2D eigenvalue weighted by molar-refractivity contribution is 0.0121. The summed E-state index contributed by atoms with van der Waals surface area (Å²) in [7, 11) is 0. The summed E-state index contributed by atoms with van der Waals surface area (Å²) >= 11 is 0. The molecule has 2 heterocycles. The van der Waals surface area contributed by atoms with E-state index >= 15 is 0 Å². The lowest BCUT2D eigenvalue weighted by Gasteiger charge is -2.35. The molecular formula is C25H27FN4O4. The number of hydrogen-bond acceptors (Lipinski definition) is 5. The van der Waals surface area contributed by atoms with Gasteiger partial charge in [-0.1, -0.05) is 18.2 Å². The summed E-state index contributed by atoms with van der Waals surface area (Å²) < 4.78 is 26.3. The lowest BCUT2D eigenvalue weighted by atomic mass is 10.1. The van der Waals surface area contributed by atoms with E-state index in [1.54, 1.807) is 46.0 Å². The molecule has 1 aromatic heterocycles. The van der Waals surface area contributed by atoms with Crippen LogP contribution in [0.3, 0.4) is 0 Å². The van der Waals surface area contributed by atoms with E-state index in [0.29, 0.717) is 41.5 Å². The van der Waals surface area contributed by atoms with Crippen molar-refractivity contribution in [2.45, 2.75) is 45.9 Å². The summed E-state index contributed by atoms with van der Waals surface area (Å²) in [6, 6.07) is 14.1. The number of benzene rings is 2. The van der Waals surface area contributed by atoms with Crippen molar-refractivity contribution in [3.63, 3.8) is 0 Å². The van der Waals surface area contributed by atoms with Gasteiger partial charge in [0.05, 0.1) is 24.0 Å². The minimum absolute atomic E-state index is 0.379. The van der Waals surface area contributed by atoms with E-state index < -0.39 is 23.8 Å². The second-order valence-electron chi connectivity index (χ2n) is 9.02. The Hall–Kier alpha value is -3.88. The Morgan fingerprint density at radius 3 is 2.38 bits per heavy atom. The van der Waals surface area contributed by atoms with Crippen molar-refractivity contribution < 1.29 is 23.5 Å². The average Bonchev–Trinajstić information content (AvgIpc) is 3.13. The van der Waals surface area contributed by atoms with Crippen LogP contribution in [0.1, 0.15) is 39.4 Å². The number of anilines is 1. The van der Waals surface area contributed by atoms with Gasteiger partial charge in [0.1, 0.15) is 22.9 Å². The van der Waals surface area contributed by atoms with Gasteiger partial charge in [-0.2, -0.15) is 5.10 Å². The van der Waals surface area contributed by atoms with Crippen LogP contribution in [0.25, 0.3) is 11.3 Å². The molecule has 178 valence electrons. The number of carbonyl (C=O) groups excluding carboxylic acids is 2. The van der Waals surface area contributed by atoms with E-state index in [9.17, 15) is 14.0 Å². The maximum Gasteiger partial charge on any atom is 0.417 e. The van der Waals surface area contributed by atoms with Crippen molar-refractivity contribution in [2.75, 3.05) is 11.9 Å². The van der Waals surface area contributed by atoms with Gasteiger partial charge < -0.3 is 9.47 Å². The lowest BCUT2D eigenvalue weighted by Crippen LogP contribution is -2.44. The van der Waals surface area contributed by atoms with Crippen LogP contribution in [0.4, 0.5) is 19.7 Å². The molecule has 0 aliphatic carbocycles. The second kappa shape index (κ2) is 9.17. The van der Waals surface area contributed by atoms with Crippen LogP contribution >= 0.6 is 0 Å². The van der Waals surface area contributed by atoms with Crippen molar-refractivity contribution in [2.24, 2.45) is 0 Å². The third-order valence-corrected chi connectivity index (χ3v) is 5.33. The molecule has 0 spiro atoms. The van der Waals surface area contributed by atoms with Crippen LogP contribution in [0.2, 0.25) is 0 Å². The van der Waals surface area contributed by atoms with Crippen LogP contribution in [0.5, 0.6) is 5.75 Å². The Labute approximate surface area is 197 Å². The first-order chi connectivity index (χ1) is 16.1. The average molecular weight is 467 g/mol. The van der Waals surface area contributed by atoms with Crippen molar-refractivity contribution in [3.05, 3.63) is 66.1 Å². The summed E-state index contributed by atoms with van der Waals surface area (Å²) in [5, 5.41) is 7.48. The highest BCUT2D eigenvalue weighted by atomic mass is 19.1. The predicted octanol–water partition coefficient (Wildman–Crippen LogP) is 5.61. The van der Waals surface area contributed by atoms with Crippen LogP contribution in [-0.4, -0.2) is 39.0 Å². The summed E-state index contributed by atoms with van der Waals surface area (Å²) in [6.45, 7) is 8.07. The largest absolute Gasteiger partial charge is 0.444 e. The molecule has 1 N–H and O–H groups in total. The van der Waals surface area contributed by atoms with E-state index in [0.717, 1.165) is 0 Å². The highest BCUT2D eigenvalue weighted by Crippen LogP contribution is 2.39. The molecule has 1 atom stereocenters. The third kappa shape index (κ3) is 5.03. The standard InChI is InChI=1S/C25H27FN4O4/c1-16-22-21(27-23(31)33-19-8-6-5-7-9-19)20(17-10-12-18(26)13-11-17)28-30(22)15-14-29(16)24(32)34-25(2,3)4/h5-13,16H,14-15H2,1-4H3,(H,27,31). The van der Waals surface area contributed by atoms with Crippen molar-refractivity contribution in [1.82, 2.24) is 14.7 Å². The molecule has 0 radical (unpaired) electrons. The molecule has 8 nitrogen and oxygen atoms in total. The van der Waals surface area contributed by atoms with Crippen LogP contribution in [-0.2, 0) is 11.3 Å². The van der Waals surface area contributed by atoms with Gasteiger partial charge in [-0.3, -0.25) is 14.9 Å². The molecule has 0 saturated carbocycles. The van der Waals surface area contributed by atoms with Gasteiger partial charge in [-0.05, 0) is 64.1 Å². The van der Waals surface area contributed by atoms with Gasteiger partial charge in [0, 0.05) is 12.1 Å². The molecule has 0 bridgehead atoms. The maximum absolute atomic E-state index is 13.5. The maximum atomic E-state index is 13.5. The van der Waals surface area contributed by atoms with E-state index in [1.165, 1.54) is 12.1 Å². The van der Waals surface area contributed by atoms with E-state index in [1.807, 2.05) is 33.8 Å². The molecule has 34 heavy (non-hydrogen) atoms. The van der Waals surface area contributed by atoms with Gasteiger partial charge in [0.15, 0.2) is 0 Å². The number of nitrogens with one attached hydrogen (secondary N) is 1. The van der Waals surface area contributed by atoms with E-state index in [-0.39, 0.29) is 5.82 Å². The summed E-state index contributed by atoms with van der Waals surface area (Å²) in [6.07, 6.45) is -1.15. The number of hydrogen-bond donors (Lipinski definition) is 1. The zero-order valence-corrected chi connectivity index (χ0v) is 19.5. The number of ether oxygens (including phenoxy) is 2.